The van der Waals surface area contributed by atoms with Crippen LogP contribution in [-0.2, 0) is 12.8 Å². The van der Waals surface area contributed by atoms with E-state index in [0.717, 1.165) is 12.1 Å². The van der Waals surface area contributed by atoms with Crippen molar-refractivity contribution in [3.05, 3.63) is 77.4 Å². The standard InChI is InChI=1S/C22H21N/c1-16-9-5-7-13-19(16)22-20-14-8-6-12-18(20)15-21(23-22)17-10-3-2-4-11-17/h2-5,7,9-11,13,15H,6,8,12,14H2,1H3. The first-order chi connectivity index (χ1) is 11.3. The lowest BCUT2D eigenvalue weighted by atomic mass is 9.87. The van der Waals surface area contributed by atoms with Crippen molar-refractivity contribution in [3.63, 3.8) is 0 Å². The number of hydrogen-bond acceptors (Lipinski definition) is 1. The topological polar surface area (TPSA) is 12.9 Å². The Morgan fingerprint density at radius 2 is 1.57 bits per heavy atom. The molecule has 0 unspecified atom stereocenters. The molecular formula is C22H21N. The molecule has 114 valence electrons. The third-order valence-electron chi connectivity index (χ3n) is 4.81. The fraction of sp³-hybridized carbons (Fsp3) is 0.227. The van der Waals surface area contributed by atoms with Crippen molar-refractivity contribution in [2.24, 2.45) is 0 Å². The molecule has 0 fully saturated rings. The second kappa shape index (κ2) is 6.00. The summed E-state index contributed by atoms with van der Waals surface area (Å²) in [6.45, 7) is 2.18. The molecule has 1 aromatic heterocycles. The van der Waals surface area contributed by atoms with E-state index >= 15 is 0 Å². The number of nitrogens with zero attached hydrogens (tertiary/aromatic N) is 1. The summed E-state index contributed by atoms with van der Waals surface area (Å²) in [5.74, 6) is 0. The zero-order valence-electron chi connectivity index (χ0n) is 13.5. The first kappa shape index (κ1) is 14.2. The summed E-state index contributed by atoms with van der Waals surface area (Å²) < 4.78 is 0. The normalized spacial score (nSPS) is 13.6. The highest BCUT2D eigenvalue weighted by molar-refractivity contribution is 5.73. The summed E-state index contributed by atoms with van der Waals surface area (Å²) in [7, 11) is 0. The fourth-order valence-electron chi connectivity index (χ4n) is 3.56. The summed E-state index contributed by atoms with van der Waals surface area (Å²) in [4.78, 5) is 5.09. The van der Waals surface area contributed by atoms with Crippen LogP contribution in [0.5, 0.6) is 0 Å². The zero-order valence-corrected chi connectivity index (χ0v) is 13.5. The monoisotopic (exact) mass is 299 g/mol. The molecule has 1 heteroatoms. The highest BCUT2D eigenvalue weighted by atomic mass is 14.7. The lowest BCUT2D eigenvalue weighted by Gasteiger charge is -2.21. The van der Waals surface area contributed by atoms with Crippen molar-refractivity contribution in [2.45, 2.75) is 32.6 Å². The minimum atomic E-state index is 1.10. The molecule has 0 N–H and O–H groups in total. The SMILES string of the molecule is Cc1ccccc1-c1nc(-c2ccccc2)cc2c1CCCC2. The van der Waals surface area contributed by atoms with Gasteiger partial charge in [0.15, 0.2) is 0 Å². The third kappa shape index (κ3) is 2.68. The van der Waals surface area contributed by atoms with E-state index < -0.39 is 0 Å². The van der Waals surface area contributed by atoms with E-state index in [1.54, 1.807) is 0 Å². The van der Waals surface area contributed by atoms with E-state index in [4.69, 9.17) is 4.98 Å². The minimum absolute atomic E-state index is 1.10. The highest BCUT2D eigenvalue weighted by Gasteiger charge is 2.18. The molecule has 23 heavy (non-hydrogen) atoms. The van der Waals surface area contributed by atoms with Gasteiger partial charge in [-0.3, -0.25) is 0 Å². The van der Waals surface area contributed by atoms with Gasteiger partial charge in [-0.2, -0.15) is 0 Å². The number of benzene rings is 2. The lowest BCUT2D eigenvalue weighted by molar-refractivity contribution is 0.684. The van der Waals surface area contributed by atoms with Crippen LogP contribution in [0.25, 0.3) is 22.5 Å². The molecule has 0 saturated carbocycles. The molecular weight excluding hydrogens is 278 g/mol. The van der Waals surface area contributed by atoms with Crippen LogP contribution in [0.15, 0.2) is 60.7 Å². The molecule has 1 aliphatic rings. The van der Waals surface area contributed by atoms with Gasteiger partial charge in [-0.25, -0.2) is 4.98 Å². The Balaban J connectivity index is 1.95. The molecule has 0 amide bonds. The summed E-state index contributed by atoms with van der Waals surface area (Å²) in [6.07, 6.45) is 4.90. The van der Waals surface area contributed by atoms with Crippen LogP contribution in [0, 0.1) is 6.92 Å². The van der Waals surface area contributed by atoms with Gasteiger partial charge in [0.2, 0.25) is 0 Å². The van der Waals surface area contributed by atoms with Crippen LogP contribution in [0.1, 0.15) is 29.5 Å². The smallest absolute Gasteiger partial charge is 0.0746 e. The zero-order chi connectivity index (χ0) is 15.6. The van der Waals surface area contributed by atoms with Crippen molar-refractivity contribution >= 4 is 0 Å². The third-order valence-corrected chi connectivity index (χ3v) is 4.81. The largest absolute Gasteiger partial charge is 0.247 e. The van der Waals surface area contributed by atoms with Crippen molar-refractivity contribution in [2.75, 3.05) is 0 Å². The Morgan fingerprint density at radius 3 is 2.39 bits per heavy atom. The molecule has 0 atom stereocenters. The number of aryl methyl sites for hydroxylation is 2. The quantitative estimate of drug-likeness (QED) is 0.600. The van der Waals surface area contributed by atoms with E-state index in [-0.39, 0.29) is 0 Å². The van der Waals surface area contributed by atoms with Gasteiger partial charge < -0.3 is 0 Å². The number of pyridine rings is 1. The number of aromatic nitrogens is 1. The summed E-state index contributed by atoms with van der Waals surface area (Å²) in [6, 6.07) is 21.5. The van der Waals surface area contributed by atoms with Gasteiger partial charge in [0.05, 0.1) is 11.4 Å². The molecule has 0 spiro atoms. The predicted molar refractivity (Wildman–Crippen MR) is 96.5 cm³/mol. The molecule has 1 heterocycles. The predicted octanol–water partition coefficient (Wildman–Crippen LogP) is 5.60. The molecule has 0 saturated heterocycles. The minimum Gasteiger partial charge on any atom is -0.247 e. The number of rotatable bonds is 2. The molecule has 0 bridgehead atoms. The molecule has 4 rings (SSSR count). The Bertz CT molecular complexity index is 834. The number of hydrogen-bond donors (Lipinski definition) is 0. The summed E-state index contributed by atoms with van der Waals surface area (Å²) >= 11 is 0. The molecule has 3 aromatic rings. The second-order valence-electron chi connectivity index (χ2n) is 6.38. The van der Waals surface area contributed by atoms with Crippen molar-refractivity contribution in [1.29, 1.82) is 0 Å². The van der Waals surface area contributed by atoms with Crippen molar-refractivity contribution < 1.29 is 0 Å². The van der Waals surface area contributed by atoms with Gasteiger partial charge in [-0.05, 0) is 55.4 Å². The fourth-order valence-corrected chi connectivity index (χ4v) is 3.56. The van der Waals surface area contributed by atoms with Crippen LogP contribution in [0.3, 0.4) is 0 Å². The average Bonchev–Trinajstić information content (AvgIpc) is 2.62. The Labute approximate surface area is 138 Å². The molecule has 2 aromatic carbocycles. The first-order valence-electron chi connectivity index (χ1n) is 8.47. The van der Waals surface area contributed by atoms with E-state index in [1.165, 1.54) is 52.8 Å². The van der Waals surface area contributed by atoms with E-state index in [2.05, 4.69) is 67.6 Å². The van der Waals surface area contributed by atoms with E-state index in [1.807, 2.05) is 0 Å². The van der Waals surface area contributed by atoms with E-state index in [9.17, 15) is 0 Å². The Morgan fingerprint density at radius 1 is 0.826 bits per heavy atom. The maximum Gasteiger partial charge on any atom is 0.0746 e. The van der Waals surface area contributed by atoms with Crippen molar-refractivity contribution in [1.82, 2.24) is 4.98 Å². The van der Waals surface area contributed by atoms with Gasteiger partial charge in [0, 0.05) is 11.1 Å². The molecule has 0 radical (unpaired) electrons. The van der Waals surface area contributed by atoms with Gasteiger partial charge >= 0.3 is 0 Å². The van der Waals surface area contributed by atoms with Crippen molar-refractivity contribution in [3.8, 4) is 22.5 Å². The molecule has 1 aliphatic carbocycles. The van der Waals surface area contributed by atoms with Crippen LogP contribution in [-0.4, -0.2) is 4.98 Å². The molecule has 0 aliphatic heterocycles. The van der Waals surface area contributed by atoms with Crippen LogP contribution in [0.4, 0.5) is 0 Å². The maximum absolute atomic E-state index is 5.09. The van der Waals surface area contributed by atoms with Gasteiger partial charge in [-0.15, -0.1) is 0 Å². The first-order valence-corrected chi connectivity index (χ1v) is 8.47. The Hall–Kier alpha value is -2.41. The second-order valence-corrected chi connectivity index (χ2v) is 6.38. The van der Waals surface area contributed by atoms with Crippen LogP contribution in [0.2, 0.25) is 0 Å². The van der Waals surface area contributed by atoms with Gasteiger partial charge in [0.25, 0.3) is 0 Å². The lowest BCUT2D eigenvalue weighted by Crippen LogP contribution is -2.07. The number of fused-ring (bicyclic) bond motifs is 1. The van der Waals surface area contributed by atoms with E-state index in [0.29, 0.717) is 0 Å². The van der Waals surface area contributed by atoms with Gasteiger partial charge in [0.1, 0.15) is 0 Å². The van der Waals surface area contributed by atoms with Gasteiger partial charge in [-0.1, -0.05) is 54.6 Å². The average molecular weight is 299 g/mol. The Kier molecular flexibility index (Phi) is 3.70. The summed E-state index contributed by atoms with van der Waals surface area (Å²) in [5, 5.41) is 0. The van der Waals surface area contributed by atoms with Crippen LogP contribution >= 0.6 is 0 Å². The molecule has 1 nitrogen and oxygen atoms in total. The maximum atomic E-state index is 5.09. The summed E-state index contributed by atoms with van der Waals surface area (Å²) in [5.41, 5.74) is 9.04. The highest BCUT2D eigenvalue weighted by Crippen LogP contribution is 2.34. The van der Waals surface area contributed by atoms with Crippen LogP contribution < -0.4 is 0 Å².